The second kappa shape index (κ2) is 7.53. The summed E-state index contributed by atoms with van der Waals surface area (Å²) in [4.78, 5) is -0.0375. The Kier molecular flexibility index (Phi) is 5.92. The van der Waals surface area contributed by atoms with Crippen LogP contribution in [-0.4, -0.2) is 15.0 Å². The van der Waals surface area contributed by atoms with Crippen LogP contribution in [0, 0.1) is 0 Å². The van der Waals surface area contributed by atoms with Crippen molar-refractivity contribution in [1.29, 1.82) is 0 Å². The molecule has 0 spiro atoms. The van der Waals surface area contributed by atoms with Crippen molar-refractivity contribution in [3.05, 3.63) is 58.1 Å². The summed E-state index contributed by atoms with van der Waals surface area (Å²) in [6, 6.07) is 11.1. The van der Waals surface area contributed by atoms with Gasteiger partial charge in [0, 0.05) is 11.1 Å². The van der Waals surface area contributed by atoms with Crippen molar-refractivity contribution in [2.75, 3.05) is 6.61 Å². The standard InChI is InChI=1S/C16H17Cl2NO3S/c1-3-22-14-7-4-12(5-8-14)11(2)19-23(20,21)16-10-13(17)6-9-15(16)18/h4-11,19H,3H2,1-2H3/t11-/m1/s1. The van der Waals surface area contributed by atoms with Gasteiger partial charge in [-0.2, -0.15) is 0 Å². The van der Waals surface area contributed by atoms with Crippen molar-refractivity contribution in [3.8, 4) is 5.75 Å². The minimum atomic E-state index is -3.78. The molecule has 0 aliphatic heterocycles. The van der Waals surface area contributed by atoms with Gasteiger partial charge in [-0.25, -0.2) is 13.1 Å². The summed E-state index contributed by atoms with van der Waals surface area (Å²) < 4.78 is 32.9. The fraction of sp³-hybridized carbons (Fsp3) is 0.250. The van der Waals surface area contributed by atoms with E-state index in [9.17, 15) is 8.42 Å². The van der Waals surface area contributed by atoms with E-state index in [0.29, 0.717) is 11.6 Å². The van der Waals surface area contributed by atoms with Crippen molar-refractivity contribution >= 4 is 33.2 Å². The van der Waals surface area contributed by atoms with Crippen LogP contribution < -0.4 is 9.46 Å². The molecule has 2 aromatic carbocycles. The van der Waals surface area contributed by atoms with E-state index in [2.05, 4.69) is 4.72 Å². The summed E-state index contributed by atoms with van der Waals surface area (Å²) in [5, 5.41) is 0.435. The third-order valence-corrected chi connectivity index (χ3v) is 5.46. The first kappa shape index (κ1) is 18.1. The van der Waals surface area contributed by atoms with Crippen molar-refractivity contribution in [2.45, 2.75) is 24.8 Å². The molecule has 0 aromatic heterocycles. The molecule has 0 amide bonds. The van der Waals surface area contributed by atoms with Crippen LogP contribution in [0.15, 0.2) is 47.4 Å². The van der Waals surface area contributed by atoms with Crippen LogP contribution in [0.1, 0.15) is 25.5 Å². The summed E-state index contributed by atoms with van der Waals surface area (Å²) in [5.74, 6) is 0.740. The molecular formula is C16H17Cl2NO3S. The molecule has 7 heteroatoms. The Morgan fingerprint density at radius 3 is 2.39 bits per heavy atom. The van der Waals surface area contributed by atoms with Gasteiger partial charge in [-0.3, -0.25) is 0 Å². The average molecular weight is 374 g/mol. The normalized spacial score (nSPS) is 12.9. The highest BCUT2D eigenvalue weighted by Crippen LogP contribution is 2.27. The predicted octanol–water partition coefficient (Wildman–Crippen LogP) is 4.43. The first-order chi connectivity index (χ1) is 10.8. The Morgan fingerprint density at radius 1 is 1.13 bits per heavy atom. The number of benzene rings is 2. The number of rotatable bonds is 6. The van der Waals surface area contributed by atoms with E-state index < -0.39 is 16.1 Å². The SMILES string of the molecule is CCOc1ccc([C@@H](C)NS(=O)(=O)c2cc(Cl)ccc2Cl)cc1. The average Bonchev–Trinajstić information content (AvgIpc) is 2.50. The fourth-order valence-electron chi connectivity index (χ4n) is 2.07. The lowest BCUT2D eigenvalue weighted by atomic mass is 10.1. The molecular weight excluding hydrogens is 357 g/mol. The molecule has 0 fully saturated rings. The molecule has 0 aliphatic carbocycles. The Bertz CT molecular complexity index is 776. The molecule has 0 aliphatic rings. The quantitative estimate of drug-likeness (QED) is 0.814. The fourth-order valence-corrected chi connectivity index (χ4v) is 4.06. The van der Waals surface area contributed by atoms with Gasteiger partial charge in [-0.15, -0.1) is 0 Å². The zero-order valence-electron chi connectivity index (χ0n) is 12.7. The van der Waals surface area contributed by atoms with Gasteiger partial charge in [-0.05, 0) is 49.7 Å². The lowest BCUT2D eigenvalue weighted by molar-refractivity contribution is 0.340. The van der Waals surface area contributed by atoms with Crippen LogP contribution in [-0.2, 0) is 10.0 Å². The van der Waals surface area contributed by atoms with E-state index >= 15 is 0 Å². The summed E-state index contributed by atoms with van der Waals surface area (Å²) in [6.07, 6.45) is 0. The summed E-state index contributed by atoms with van der Waals surface area (Å²) in [7, 11) is -3.78. The second-order valence-electron chi connectivity index (χ2n) is 4.92. The molecule has 2 aromatic rings. The van der Waals surface area contributed by atoms with Gasteiger partial charge < -0.3 is 4.74 Å². The maximum absolute atomic E-state index is 12.5. The van der Waals surface area contributed by atoms with Gasteiger partial charge in [-0.1, -0.05) is 35.3 Å². The highest BCUT2D eigenvalue weighted by Gasteiger charge is 2.21. The van der Waals surface area contributed by atoms with Crippen LogP contribution in [0.3, 0.4) is 0 Å². The van der Waals surface area contributed by atoms with E-state index in [1.807, 2.05) is 19.1 Å². The van der Waals surface area contributed by atoms with E-state index in [1.54, 1.807) is 25.1 Å². The minimum absolute atomic E-state index is 0.0375. The molecule has 4 nitrogen and oxygen atoms in total. The first-order valence-corrected chi connectivity index (χ1v) is 9.27. The predicted molar refractivity (Wildman–Crippen MR) is 92.8 cm³/mol. The van der Waals surface area contributed by atoms with Gasteiger partial charge >= 0.3 is 0 Å². The van der Waals surface area contributed by atoms with Crippen molar-refractivity contribution < 1.29 is 13.2 Å². The highest BCUT2D eigenvalue weighted by atomic mass is 35.5. The maximum atomic E-state index is 12.5. The molecule has 0 bridgehead atoms. The Labute approximate surface area is 146 Å². The number of nitrogens with one attached hydrogen (secondary N) is 1. The summed E-state index contributed by atoms with van der Waals surface area (Å²) >= 11 is 11.8. The summed E-state index contributed by atoms with van der Waals surface area (Å²) in [5.41, 5.74) is 0.815. The highest BCUT2D eigenvalue weighted by molar-refractivity contribution is 7.89. The molecule has 0 radical (unpaired) electrons. The first-order valence-electron chi connectivity index (χ1n) is 7.03. The van der Waals surface area contributed by atoms with Crippen LogP contribution in [0.4, 0.5) is 0 Å². The van der Waals surface area contributed by atoms with Crippen LogP contribution >= 0.6 is 23.2 Å². The van der Waals surface area contributed by atoms with Crippen LogP contribution in [0.25, 0.3) is 0 Å². The topological polar surface area (TPSA) is 55.4 Å². The minimum Gasteiger partial charge on any atom is -0.494 e. The van der Waals surface area contributed by atoms with Crippen molar-refractivity contribution in [3.63, 3.8) is 0 Å². The van der Waals surface area contributed by atoms with Crippen molar-refractivity contribution in [2.24, 2.45) is 0 Å². The smallest absolute Gasteiger partial charge is 0.242 e. The molecule has 0 saturated heterocycles. The monoisotopic (exact) mass is 373 g/mol. The largest absolute Gasteiger partial charge is 0.494 e. The summed E-state index contributed by atoms with van der Waals surface area (Å²) in [6.45, 7) is 4.24. The number of hydrogen-bond donors (Lipinski definition) is 1. The van der Waals surface area contributed by atoms with E-state index in [-0.39, 0.29) is 9.92 Å². The third-order valence-electron chi connectivity index (χ3n) is 3.21. The molecule has 2 rings (SSSR count). The second-order valence-corrected chi connectivity index (χ2v) is 7.45. The molecule has 124 valence electrons. The van der Waals surface area contributed by atoms with Crippen LogP contribution in [0.5, 0.6) is 5.75 Å². The maximum Gasteiger partial charge on any atom is 0.242 e. The van der Waals surface area contributed by atoms with E-state index in [4.69, 9.17) is 27.9 Å². The van der Waals surface area contributed by atoms with Gasteiger partial charge in [0.05, 0.1) is 11.6 Å². The van der Waals surface area contributed by atoms with E-state index in [0.717, 1.165) is 11.3 Å². The molecule has 1 N–H and O–H groups in total. The van der Waals surface area contributed by atoms with Gasteiger partial charge in [0.15, 0.2) is 0 Å². The Balaban J connectivity index is 2.21. The van der Waals surface area contributed by atoms with Gasteiger partial charge in [0.25, 0.3) is 0 Å². The zero-order chi connectivity index (χ0) is 17.0. The number of halogens is 2. The van der Waals surface area contributed by atoms with Crippen LogP contribution in [0.2, 0.25) is 10.0 Å². The molecule has 0 heterocycles. The number of hydrogen-bond acceptors (Lipinski definition) is 3. The zero-order valence-corrected chi connectivity index (χ0v) is 15.0. The van der Waals surface area contributed by atoms with Crippen molar-refractivity contribution in [1.82, 2.24) is 4.72 Å². The molecule has 0 saturated carbocycles. The molecule has 0 unspecified atom stereocenters. The third kappa shape index (κ3) is 4.61. The Hall–Kier alpha value is -1.27. The number of sulfonamides is 1. The van der Waals surface area contributed by atoms with E-state index in [1.165, 1.54) is 12.1 Å². The lowest BCUT2D eigenvalue weighted by Crippen LogP contribution is -2.27. The van der Waals surface area contributed by atoms with Gasteiger partial charge in [0.1, 0.15) is 10.6 Å². The number of ether oxygens (including phenoxy) is 1. The molecule has 23 heavy (non-hydrogen) atoms. The lowest BCUT2D eigenvalue weighted by Gasteiger charge is -2.16. The molecule has 1 atom stereocenters. The van der Waals surface area contributed by atoms with Gasteiger partial charge in [0.2, 0.25) is 10.0 Å². The Morgan fingerprint density at radius 2 is 1.78 bits per heavy atom.